The van der Waals surface area contributed by atoms with Crippen molar-refractivity contribution < 1.29 is 13.2 Å². The molecule has 2 aliphatic rings. The van der Waals surface area contributed by atoms with Crippen molar-refractivity contribution in [3.63, 3.8) is 0 Å². The summed E-state index contributed by atoms with van der Waals surface area (Å²) >= 11 is 0. The van der Waals surface area contributed by atoms with Crippen molar-refractivity contribution in [2.75, 3.05) is 49.1 Å². The SMILES string of the molecule is CCC(C)N(C(=O)CN1CCN(c2cccc(C)c2C)CC1)C1CCS(=O)(=O)C1. The number of amides is 1. The normalized spacial score (nSPS) is 23.2. The van der Waals surface area contributed by atoms with Gasteiger partial charge >= 0.3 is 0 Å². The van der Waals surface area contributed by atoms with Gasteiger partial charge in [-0.15, -0.1) is 0 Å². The topological polar surface area (TPSA) is 60.9 Å². The molecule has 1 aromatic rings. The largest absolute Gasteiger partial charge is 0.369 e. The summed E-state index contributed by atoms with van der Waals surface area (Å²) in [4.78, 5) is 19.6. The van der Waals surface area contributed by atoms with Crippen molar-refractivity contribution in [3.8, 4) is 0 Å². The lowest BCUT2D eigenvalue weighted by molar-refractivity contribution is -0.136. The minimum Gasteiger partial charge on any atom is -0.369 e. The molecular formula is C22H35N3O3S. The number of nitrogens with zero attached hydrogens (tertiary/aromatic N) is 3. The number of piperazine rings is 1. The molecule has 0 aromatic heterocycles. The molecule has 2 unspecified atom stereocenters. The van der Waals surface area contributed by atoms with Crippen LogP contribution in [0.2, 0.25) is 0 Å². The van der Waals surface area contributed by atoms with Gasteiger partial charge < -0.3 is 9.80 Å². The Hall–Kier alpha value is -1.60. The Morgan fingerprint density at radius 3 is 2.48 bits per heavy atom. The van der Waals surface area contributed by atoms with Crippen LogP contribution in [-0.4, -0.2) is 80.4 Å². The van der Waals surface area contributed by atoms with Gasteiger partial charge in [-0.3, -0.25) is 9.69 Å². The van der Waals surface area contributed by atoms with Crippen LogP contribution in [0, 0.1) is 13.8 Å². The van der Waals surface area contributed by atoms with E-state index in [-0.39, 0.29) is 29.5 Å². The molecule has 2 aliphatic heterocycles. The molecule has 29 heavy (non-hydrogen) atoms. The fourth-order valence-electron chi connectivity index (χ4n) is 4.50. The van der Waals surface area contributed by atoms with E-state index < -0.39 is 9.84 Å². The first-order valence-corrected chi connectivity index (χ1v) is 12.6. The maximum absolute atomic E-state index is 13.1. The Balaban J connectivity index is 1.61. The predicted octanol–water partition coefficient (Wildman–Crippen LogP) is 2.24. The highest BCUT2D eigenvalue weighted by molar-refractivity contribution is 7.91. The molecule has 2 atom stereocenters. The van der Waals surface area contributed by atoms with Gasteiger partial charge in [-0.25, -0.2) is 8.42 Å². The van der Waals surface area contributed by atoms with Crippen molar-refractivity contribution in [3.05, 3.63) is 29.3 Å². The second-order valence-corrected chi connectivity index (χ2v) is 10.8. The van der Waals surface area contributed by atoms with Gasteiger partial charge in [-0.2, -0.15) is 0 Å². The molecule has 0 bridgehead atoms. The zero-order valence-electron chi connectivity index (χ0n) is 18.2. The Labute approximate surface area is 175 Å². The van der Waals surface area contributed by atoms with Crippen LogP contribution in [0.5, 0.6) is 0 Å². The zero-order valence-corrected chi connectivity index (χ0v) is 19.0. The van der Waals surface area contributed by atoms with Gasteiger partial charge in [-0.05, 0) is 50.8 Å². The number of hydrogen-bond donors (Lipinski definition) is 0. The third-order valence-corrected chi connectivity index (χ3v) is 8.35. The second-order valence-electron chi connectivity index (χ2n) is 8.60. The summed E-state index contributed by atoms with van der Waals surface area (Å²) in [5.74, 6) is 0.386. The van der Waals surface area contributed by atoms with Gasteiger partial charge in [0, 0.05) is 44.0 Å². The second kappa shape index (κ2) is 9.04. The van der Waals surface area contributed by atoms with E-state index in [1.807, 2.05) is 11.8 Å². The van der Waals surface area contributed by atoms with Crippen LogP contribution in [0.15, 0.2) is 18.2 Å². The van der Waals surface area contributed by atoms with Gasteiger partial charge in [0.2, 0.25) is 5.91 Å². The summed E-state index contributed by atoms with van der Waals surface area (Å²) < 4.78 is 23.9. The van der Waals surface area contributed by atoms with E-state index in [4.69, 9.17) is 0 Å². The first kappa shape index (κ1) is 22.1. The number of carbonyl (C=O) groups is 1. The Morgan fingerprint density at radius 1 is 1.21 bits per heavy atom. The quantitative estimate of drug-likeness (QED) is 0.705. The standard InChI is InChI=1S/C22H35N3O3S/c1-5-18(3)25(20-9-14-29(27,28)16-20)22(26)15-23-10-12-24(13-11-23)21-8-6-7-17(2)19(21)4/h6-8,18,20H,5,9-16H2,1-4H3. The van der Waals surface area contributed by atoms with Crippen LogP contribution < -0.4 is 4.90 Å². The fourth-order valence-corrected chi connectivity index (χ4v) is 6.21. The lowest BCUT2D eigenvalue weighted by atomic mass is 10.1. The van der Waals surface area contributed by atoms with E-state index in [1.54, 1.807) is 0 Å². The lowest BCUT2D eigenvalue weighted by Crippen LogP contribution is -2.54. The Bertz CT molecular complexity index is 832. The first-order chi connectivity index (χ1) is 13.7. The molecule has 1 aromatic carbocycles. The molecular weight excluding hydrogens is 386 g/mol. The van der Waals surface area contributed by atoms with Crippen LogP contribution in [0.1, 0.15) is 37.8 Å². The minimum atomic E-state index is -3.01. The minimum absolute atomic E-state index is 0.0667. The van der Waals surface area contributed by atoms with E-state index in [2.05, 4.69) is 48.8 Å². The van der Waals surface area contributed by atoms with Crippen molar-refractivity contribution in [1.82, 2.24) is 9.80 Å². The molecule has 6 nitrogen and oxygen atoms in total. The molecule has 3 rings (SSSR count). The van der Waals surface area contributed by atoms with Crippen LogP contribution in [0.3, 0.4) is 0 Å². The highest BCUT2D eigenvalue weighted by Gasteiger charge is 2.37. The van der Waals surface area contributed by atoms with Crippen LogP contribution in [-0.2, 0) is 14.6 Å². The average Bonchev–Trinajstić information content (AvgIpc) is 3.04. The summed E-state index contributed by atoms with van der Waals surface area (Å²) in [7, 11) is -3.01. The molecule has 2 fully saturated rings. The summed E-state index contributed by atoms with van der Waals surface area (Å²) in [6, 6.07) is 6.32. The van der Waals surface area contributed by atoms with E-state index in [9.17, 15) is 13.2 Å². The smallest absolute Gasteiger partial charge is 0.237 e. The number of sulfone groups is 1. The van der Waals surface area contributed by atoms with Gasteiger partial charge in [0.15, 0.2) is 9.84 Å². The number of rotatable bonds is 6. The highest BCUT2D eigenvalue weighted by Crippen LogP contribution is 2.25. The van der Waals surface area contributed by atoms with E-state index in [0.717, 1.165) is 32.6 Å². The Morgan fingerprint density at radius 2 is 1.90 bits per heavy atom. The summed E-state index contributed by atoms with van der Waals surface area (Å²) in [5, 5.41) is 0. The first-order valence-electron chi connectivity index (χ1n) is 10.8. The van der Waals surface area contributed by atoms with E-state index >= 15 is 0 Å². The molecule has 162 valence electrons. The van der Waals surface area contributed by atoms with E-state index in [1.165, 1.54) is 16.8 Å². The van der Waals surface area contributed by atoms with Crippen LogP contribution in [0.25, 0.3) is 0 Å². The number of benzene rings is 1. The van der Waals surface area contributed by atoms with Crippen molar-refractivity contribution in [2.45, 2.75) is 52.6 Å². The molecule has 7 heteroatoms. The number of anilines is 1. The van der Waals surface area contributed by atoms with Gasteiger partial charge in [0.05, 0.1) is 18.1 Å². The molecule has 0 saturated carbocycles. The molecule has 0 N–H and O–H groups in total. The summed E-state index contributed by atoms with van der Waals surface area (Å²) in [6.45, 7) is 12.3. The van der Waals surface area contributed by atoms with Crippen molar-refractivity contribution >= 4 is 21.4 Å². The maximum Gasteiger partial charge on any atom is 0.237 e. The molecule has 2 saturated heterocycles. The highest BCUT2D eigenvalue weighted by atomic mass is 32.2. The Kier molecular flexibility index (Phi) is 6.89. The van der Waals surface area contributed by atoms with Crippen LogP contribution in [0.4, 0.5) is 5.69 Å². The third kappa shape index (κ3) is 5.12. The molecule has 0 aliphatic carbocycles. The lowest BCUT2D eigenvalue weighted by Gasteiger charge is -2.39. The number of aryl methyl sites for hydroxylation is 1. The summed E-state index contributed by atoms with van der Waals surface area (Å²) in [6.07, 6.45) is 1.40. The van der Waals surface area contributed by atoms with Gasteiger partial charge in [-0.1, -0.05) is 19.1 Å². The van der Waals surface area contributed by atoms with Crippen molar-refractivity contribution in [2.24, 2.45) is 0 Å². The molecule has 1 amide bonds. The van der Waals surface area contributed by atoms with Gasteiger partial charge in [0.25, 0.3) is 0 Å². The summed E-state index contributed by atoms with van der Waals surface area (Å²) in [5.41, 5.74) is 3.91. The fraction of sp³-hybridized carbons (Fsp3) is 0.682. The average molecular weight is 422 g/mol. The molecule has 0 radical (unpaired) electrons. The van der Waals surface area contributed by atoms with E-state index in [0.29, 0.717) is 13.0 Å². The molecule has 0 spiro atoms. The number of hydrogen-bond acceptors (Lipinski definition) is 5. The maximum atomic E-state index is 13.1. The number of carbonyl (C=O) groups excluding carboxylic acids is 1. The molecule has 2 heterocycles. The third-order valence-electron chi connectivity index (χ3n) is 6.60. The van der Waals surface area contributed by atoms with Crippen molar-refractivity contribution in [1.29, 1.82) is 0 Å². The van der Waals surface area contributed by atoms with Gasteiger partial charge in [0.1, 0.15) is 0 Å². The zero-order chi connectivity index (χ0) is 21.2. The predicted molar refractivity (Wildman–Crippen MR) is 118 cm³/mol. The van der Waals surface area contributed by atoms with Crippen LogP contribution >= 0.6 is 0 Å². The monoisotopic (exact) mass is 421 g/mol.